The molecule has 2 aromatic rings. The van der Waals surface area contributed by atoms with Crippen molar-refractivity contribution in [3.05, 3.63) is 30.1 Å². The van der Waals surface area contributed by atoms with Crippen molar-refractivity contribution >= 4 is 29.0 Å². The third-order valence-corrected chi connectivity index (χ3v) is 3.76. The van der Waals surface area contributed by atoms with Crippen LogP contribution in [0.4, 0.5) is 5.69 Å². The summed E-state index contributed by atoms with van der Waals surface area (Å²) in [7, 11) is 0. The Morgan fingerprint density at radius 1 is 1.40 bits per heavy atom. The number of para-hydroxylation sites is 1. The van der Waals surface area contributed by atoms with Crippen LogP contribution in [0.5, 0.6) is 0 Å². The van der Waals surface area contributed by atoms with Gasteiger partial charge in [0.1, 0.15) is 5.82 Å². The van der Waals surface area contributed by atoms with Crippen molar-refractivity contribution in [1.29, 1.82) is 0 Å². The molecule has 15 heavy (non-hydrogen) atoms. The van der Waals surface area contributed by atoms with Gasteiger partial charge in [-0.15, -0.1) is 0 Å². The molecule has 2 N–H and O–H groups in total. The number of hydrogen-bond donors (Lipinski definition) is 1. The zero-order chi connectivity index (χ0) is 10.7. The Morgan fingerprint density at radius 2 is 2.20 bits per heavy atom. The quantitative estimate of drug-likeness (QED) is 0.834. The molecule has 78 valence electrons. The smallest absolute Gasteiger partial charge is 0.174 e. The zero-order valence-corrected chi connectivity index (χ0v) is 9.94. The number of aryl methyl sites for hydroxylation is 1. The minimum Gasteiger partial charge on any atom is -0.398 e. The lowest BCUT2D eigenvalue weighted by Crippen LogP contribution is -1.87. The zero-order valence-electron chi connectivity index (χ0n) is 8.30. The van der Waals surface area contributed by atoms with E-state index in [0.717, 1.165) is 27.2 Å². The van der Waals surface area contributed by atoms with Gasteiger partial charge in [-0.2, -0.15) is 4.37 Å². The van der Waals surface area contributed by atoms with Gasteiger partial charge >= 0.3 is 0 Å². The van der Waals surface area contributed by atoms with Crippen molar-refractivity contribution in [3.63, 3.8) is 0 Å². The highest BCUT2D eigenvalue weighted by atomic mass is 32.2. The highest BCUT2D eigenvalue weighted by Crippen LogP contribution is 2.32. The second-order valence-electron chi connectivity index (χ2n) is 2.97. The van der Waals surface area contributed by atoms with Crippen LogP contribution in [-0.4, -0.2) is 9.36 Å². The number of nitrogen functional groups attached to an aromatic ring is 1. The van der Waals surface area contributed by atoms with Crippen molar-refractivity contribution in [2.75, 3.05) is 5.73 Å². The molecule has 0 saturated heterocycles. The number of nitrogens with two attached hydrogens (primary N) is 1. The Hall–Kier alpha value is -1.07. The number of anilines is 1. The molecule has 1 aromatic carbocycles. The van der Waals surface area contributed by atoms with Gasteiger partial charge in [0.25, 0.3) is 0 Å². The Morgan fingerprint density at radius 3 is 2.87 bits per heavy atom. The van der Waals surface area contributed by atoms with Crippen LogP contribution in [0.3, 0.4) is 0 Å². The van der Waals surface area contributed by atoms with Crippen LogP contribution >= 0.6 is 23.3 Å². The molecule has 0 aliphatic heterocycles. The third kappa shape index (κ3) is 2.49. The fourth-order valence-corrected chi connectivity index (χ4v) is 2.79. The van der Waals surface area contributed by atoms with Gasteiger partial charge in [0.05, 0.1) is 0 Å². The van der Waals surface area contributed by atoms with Gasteiger partial charge < -0.3 is 5.73 Å². The minimum absolute atomic E-state index is 0.788. The molecule has 2 rings (SSSR count). The molecule has 0 spiro atoms. The molecular weight excluding hydrogens is 226 g/mol. The van der Waals surface area contributed by atoms with E-state index in [-0.39, 0.29) is 0 Å². The van der Waals surface area contributed by atoms with E-state index in [1.165, 1.54) is 11.5 Å². The molecule has 1 aromatic heterocycles. The second-order valence-corrected chi connectivity index (χ2v) is 5.01. The maximum atomic E-state index is 5.84. The van der Waals surface area contributed by atoms with Gasteiger partial charge in [0.2, 0.25) is 0 Å². The molecule has 0 amide bonds. The standard InChI is InChI=1S/C10H11N3S2/c1-2-9-12-10(15-13-9)14-8-6-4-3-5-7(8)11/h3-6H,2,11H2,1H3. The number of hydrogen-bond acceptors (Lipinski definition) is 5. The van der Waals surface area contributed by atoms with Crippen LogP contribution in [0.25, 0.3) is 0 Å². The minimum atomic E-state index is 0.788. The molecule has 0 bridgehead atoms. The molecule has 0 radical (unpaired) electrons. The summed E-state index contributed by atoms with van der Waals surface area (Å²) < 4.78 is 5.18. The van der Waals surface area contributed by atoms with Gasteiger partial charge in [0, 0.05) is 17.0 Å². The van der Waals surface area contributed by atoms with Crippen LogP contribution in [-0.2, 0) is 6.42 Å². The molecular formula is C10H11N3S2. The van der Waals surface area contributed by atoms with E-state index >= 15 is 0 Å². The largest absolute Gasteiger partial charge is 0.398 e. The van der Waals surface area contributed by atoms with Crippen LogP contribution in [0.1, 0.15) is 12.7 Å². The predicted molar refractivity (Wildman–Crippen MR) is 64.3 cm³/mol. The number of aromatic nitrogens is 2. The van der Waals surface area contributed by atoms with Crippen LogP contribution in [0, 0.1) is 0 Å². The van der Waals surface area contributed by atoms with E-state index in [0.29, 0.717) is 0 Å². The average molecular weight is 237 g/mol. The molecule has 1 heterocycles. The van der Waals surface area contributed by atoms with E-state index < -0.39 is 0 Å². The fourth-order valence-electron chi connectivity index (χ4n) is 1.09. The monoisotopic (exact) mass is 237 g/mol. The third-order valence-electron chi connectivity index (χ3n) is 1.88. The molecule has 0 aliphatic carbocycles. The molecule has 0 saturated carbocycles. The molecule has 3 nitrogen and oxygen atoms in total. The fraction of sp³-hybridized carbons (Fsp3) is 0.200. The number of nitrogens with zero attached hydrogens (tertiary/aromatic N) is 2. The first-order valence-corrected chi connectivity index (χ1v) is 6.23. The Bertz CT molecular complexity index is 453. The summed E-state index contributed by atoms with van der Waals surface area (Å²) in [6.07, 6.45) is 0.876. The summed E-state index contributed by atoms with van der Waals surface area (Å²) in [5.74, 6) is 0.900. The van der Waals surface area contributed by atoms with Gasteiger partial charge in [-0.25, -0.2) is 4.98 Å². The normalized spacial score (nSPS) is 10.5. The lowest BCUT2D eigenvalue weighted by Gasteiger charge is -2.00. The van der Waals surface area contributed by atoms with Gasteiger partial charge in [-0.3, -0.25) is 0 Å². The SMILES string of the molecule is CCc1nsc(Sc2ccccc2N)n1. The van der Waals surface area contributed by atoms with Crippen molar-refractivity contribution in [1.82, 2.24) is 9.36 Å². The van der Waals surface area contributed by atoms with Crippen molar-refractivity contribution in [3.8, 4) is 0 Å². The summed E-state index contributed by atoms with van der Waals surface area (Å²) in [5, 5.41) is 0. The summed E-state index contributed by atoms with van der Waals surface area (Å²) in [4.78, 5) is 5.42. The molecule has 0 fully saturated rings. The van der Waals surface area contributed by atoms with Gasteiger partial charge in [-0.05, 0) is 23.7 Å². The Balaban J connectivity index is 2.18. The number of rotatable bonds is 3. The summed E-state index contributed by atoms with van der Waals surface area (Å²) >= 11 is 2.99. The van der Waals surface area contributed by atoms with Crippen molar-refractivity contribution in [2.45, 2.75) is 22.6 Å². The first kappa shape index (κ1) is 10.4. The first-order chi connectivity index (χ1) is 7.29. The van der Waals surface area contributed by atoms with E-state index in [1.54, 1.807) is 11.8 Å². The average Bonchev–Trinajstić information content (AvgIpc) is 2.69. The predicted octanol–water partition coefficient (Wildman–Crippen LogP) is 2.83. The maximum absolute atomic E-state index is 5.84. The Kier molecular flexibility index (Phi) is 3.23. The maximum Gasteiger partial charge on any atom is 0.174 e. The van der Waals surface area contributed by atoms with E-state index in [1.807, 2.05) is 31.2 Å². The number of benzene rings is 1. The van der Waals surface area contributed by atoms with E-state index in [4.69, 9.17) is 5.73 Å². The van der Waals surface area contributed by atoms with E-state index in [9.17, 15) is 0 Å². The van der Waals surface area contributed by atoms with Crippen LogP contribution in [0.15, 0.2) is 33.5 Å². The topological polar surface area (TPSA) is 51.8 Å². The van der Waals surface area contributed by atoms with Gasteiger partial charge in [-0.1, -0.05) is 30.8 Å². The molecule has 0 unspecified atom stereocenters. The second kappa shape index (κ2) is 4.63. The highest BCUT2D eigenvalue weighted by molar-refractivity contribution is 8.01. The lowest BCUT2D eigenvalue weighted by molar-refractivity contribution is 0.971. The van der Waals surface area contributed by atoms with Crippen LogP contribution in [0.2, 0.25) is 0 Å². The summed E-state index contributed by atoms with van der Waals surface area (Å²) in [6, 6.07) is 7.79. The summed E-state index contributed by atoms with van der Waals surface area (Å²) in [6.45, 7) is 2.05. The van der Waals surface area contributed by atoms with Crippen molar-refractivity contribution < 1.29 is 0 Å². The lowest BCUT2D eigenvalue weighted by atomic mass is 10.3. The summed E-state index contributed by atoms with van der Waals surface area (Å²) in [5.41, 5.74) is 6.63. The van der Waals surface area contributed by atoms with Gasteiger partial charge in [0.15, 0.2) is 4.34 Å². The molecule has 5 heteroatoms. The highest BCUT2D eigenvalue weighted by Gasteiger charge is 2.06. The van der Waals surface area contributed by atoms with Crippen LogP contribution < -0.4 is 5.73 Å². The molecule has 0 atom stereocenters. The van der Waals surface area contributed by atoms with Crippen molar-refractivity contribution in [2.24, 2.45) is 0 Å². The Labute approximate surface area is 96.9 Å². The molecule has 0 aliphatic rings. The first-order valence-electron chi connectivity index (χ1n) is 4.64. The van der Waals surface area contributed by atoms with E-state index in [2.05, 4.69) is 9.36 Å².